The Morgan fingerprint density at radius 1 is 1.56 bits per heavy atom. The summed E-state index contributed by atoms with van der Waals surface area (Å²) in [6.07, 6.45) is 4.24. The van der Waals surface area contributed by atoms with Gasteiger partial charge in [0.15, 0.2) is 0 Å². The Kier molecular flexibility index (Phi) is 5.77. The zero-order chi connectivity index (χ0) is 12.0. The van der Waals surface area contributed by atoms with E-state index in [4.69, 9.17) is 10.5 Å². The quantitative estimate of drug-likeness (QED) is 0.714. The van der Waals surface area contributed by atoms with Gasteiger partial charge in [-0.15, -0.1) is 0 Å². The Hall–Kier alpha value is -0.610. The zero-order valence-corrected chi connectivity index (χ0v) is 10.4. The van der Waals surface area contributed by atoms with Gasteiger partial charge in [0, 0.05) is 13.2 Å². The number of nitrogens with two attached hydrogens (primary N) is 1. The molecule has 0 spiro atoms. The van der Waals surface area contributed by atoms with Crippen LogP contribution >= 0.6 is 0 Å². The highest BCUT2D eigenvalue weighted by atomic mass is 16.5. The van der Waals surface area contributed by atoms with Crippen molar-refractivity contribution in [3.05, 3.63) is 0 Å². The van der Waals surface area contributed by atoms with Crippen LogP contribution in [0.5, 0.6) is 0 Å². The van der Waals surface area contributed by atoms with Gasteiger partial charge in [-0.05, 0) is 31.6 Å². The van der Waals surface area contributed by atoms with Gasteiger partial charge in [-0.25, -0.2) is 0 Å². The molecule has 2 atom stereocenters. The number of carbonyl (C=O) groups excluding carboxylic acids is 1. The molecular weight excluding hydrogens is 204 g/mol. The molecule has 1 heterocycles. The third-order valence-corrected chi connectivity index (χ3v) is 2.85. The summed E-state index contributed by atoms with van der Waals surface area (Å²) in [4.78, 5) is 11.6. The summed E-state index contributed by atoms with van der Waals surface area (Å²) in [5.41, 5.74) is 5.77. The predicted molar refractivity (Wildman–Crippen MR) is 64.0 cm³/mol. The van der Waals surface area contributed by atoms with Gasteiger partial charge in [-0.1, -0.05) is 13.8 Å². The van der Waals surface area contributed by atoms with Gasteiger partial charge in [0.2, 0.25) is 5.91 Å². The van der Waals surface area contributed by atoms with Crippen LogP contribution in [0.2, 0.25) is 0 Å². The van der Waals surface area contributed by atoms with Crippen LogP contribution in [0.25, 0.3) is 0 Å². The SMILES string of the molecule is CC(C)CC(N)C(=O)NCCC1CCCO1. The Bertz CT molecular complexity index is 213. The minimum atomic E-state index is -0.371. The largest absolute Gasteiger partial charge is 0.378 e. The molecule has 1 aliphatic heterocycles. The number of rotatable bonds is 6. The molecule has 3 N–H and O–H groups in total. The lowest BCUT2D eigenvalue weighted by molar-refractivity contribution is -0.122. The second kappa shape index (κ2) is 6.86. The first-order chi connectivity index (χ1) is 7.59. The first-order valence-electron chi connectivity index (χ1n) is 6.24. The molecule has 1 amide bonds. The van der Waals surface area contributed by atoms with Gasteiger partial charge < -0.3 is 15.8 Å². The molecule has 4 nitrogen and oxygen atoms in total. The normalized spacial score (nSPS) is 22.4. The van der Waals surface area contributed by atoms with E-state index in [1.807, 2.05) is 0 Å². The lowest BCUT2D eigenvalue weighted by atomic mass is 10.0. The summed E-state index contributed by atoms with van der Waals surface area (Å²) in [6, 6.07) is -0.371. The van der Waals surface area contributed by atoms with Crippen molar-refractivity contribution >= 4 is 5.91 Å². The summed E-state index contributed by atoms with van der Waals surface area (Å²) in [7, 11) is 0. The van der Waals surface area contributed by atoms with Crippen LogP contribution in [-0.4, -0.2) is 31.2 Å². The van der Waals surface area contributed by atoms with E-state index in [0.29, 0.717) is 18.6 Å². The van der Waals surface area contributed by atoms with Crippen molar-refractivity contribution in [3.8, 4) is 0 Å². The van der Waals surface area contributed by atoms with Gasteiger partial charge in [0.1, 0.15) is 0 Å². The highest BCUT2D eigenvalue weighted by Crippen LogP contribution is 2.14. The van der Waals surface area contributed by atoms with Crippen LogP contribution in [0.1, 0.15) is 39.5 Å². The van der Waals surface area contributed by atoms with Crippen LogP contribution < -0.4 is 11.1 Å². The van der Waals surface area contributed by atoms with Crippen molar-refractivity contribution in [2.45, 2.75) is 51.7 Å². The molecule has 94 valence electrons. The van der Waals surface area contributed by atoms with Crippen molar-refractivity contribution in [3.63, 3.8) is 0 Å². The summed E-state index contributed by atoms with van der Waals surface area (Å²) >= 11 is 0. The fourth-order valence-electron chi connectivity index (χ4n) is 1.97. The molecule has 4 heteroatoms. The molecule has 0 aromatic carbocycles. The van der Waals surface area contributed by atoms with Crippen molar-refractivity contribution in [1.29, 1.82) is 0 Å². The molecule has 0 bridgehead atoms. The Balaban J connectivity index is 2.09. The maximum atomic E-state index is 11.6. The van der Waals surface area contributed by atoms with Crippen LogP contribution in [0.15, 0.2) is 0 Å². The smallest absolute Gasteiger partial charge is 0.236 e. The van der Waals surface area contributed by atoms with Crippen molar-refractivity contribution in [1.82, 2.24) is 5.32 Å². The highest BCUT2D eigenvalue weighted by molar-refractivity contribution is 5.81. The van der Waals surface area contributed by atoms with Crippen molar-refractivity contribution < 1.29 is 9.53 Å². The number of hydrogen-bond donors (Lipinski definition) is 2. The maximum Gasteiger partial charge on any atom is 0.236 e. The fourth-order valence-corrected chi connectivity index (χ4v) is 1.97. The number of ether oxygens (including phenoxy) is 1. The molecule has 0 aromatic rings. The lowest BCUT2D eigenvalue weighted by Gasteiger charge is -2.15. The molecule has 1 rings (SSSR count). The molecule has 1 fully saturated rings. The van der Waals surface area contributed by atoms with E-state index in [1.165, 1.54) is 0 Å². The van der Waals surface area contributed by atoms with E-state index in [-0.39, 0.29) is 11.9 Å². The predicted octanol–water partition coefficient (Wildman–Crippen LogP) is 1.05. The van der Waals surface area contributed by atoms with E-state index < -0.39 is 0 Å². The third-order valence-electron chi connectivity index (χ3n) is 2.85. The molecule has 16 heavy (non-hydrogen) atoms. The monoisotopic (exact) mass is 228 g/mol. The zero-order valence-electron chi connectivity index (χ0n) is 10.4. The second-order valence-corrected chi connectivity index (χ2v) is 4.95. The Morgan fingerprint density at radius 2 is 2.31 bits per heavy atom. The minimum Gasteiger partial charge on any atom is -0.378 e. The number of amides is 1. The van der Waals surface area contributed by atoms with Gasteiger partial charge >= 0.3 is 0 Å². The molecule has 1 aliphatic rings. The Labute approximate surface area is 97.9 Å². The van der Waals surface area contributed by atoms with Crippen molar-refractivity contribution in [2.75, 3.05) is 13.2 Å². The average molecular weight is 228 g/mol. The standard InChI is InChI=1S/C12H24N2O2/c1-9(2)8-11(13)12(15)14-6-5-10-4-3-7-16-10/h9-11H,3-8,13H2,1-2H3,(H,14,15). The minimum absolute atomic E-state index is 0.0355. The van der Waals surface area contributed by atoms with Crippen LogP contribution in [0.4, 0.5) is 0 Å². The summed E-state index contributed by atoms with van der Waals surface area (Å²) in [5, 5.41) is 2.87. The number of nitrogens with one attached hydrogen (secondary N) is 1. The van der Waals surface area contributed by atoms with E-state index in [1.54, 1.807) is 0 Å². The van der Waals surface area contributed by atoms with Gasteiger partial charge in [0.05, 0.1) is 12.1 Å². The summed E-state index contributed by atoms with van der Waals surface area (Å²) < 4.78 is 5.48. The van der Waals surface area contributed by atoms with E-state index in [2.05, 4.69) is 19.2 Å². The lowest BCUT2D eigenvalue weighted by Crippen LogP contribution is -2.42. The second-order valence-electron chi connectivity index (χ2n) is 4.95. The van der Waals surface area contributed by atoms with Crippen molar-refractivity contribution in [2.24, 2.45) is 11.7 Å². The van der Waals surface area contributed by atoms with Crippen LogP contribution in [-0.2, 0) is 9.53 Å². The first kappa shape index (κ1) is 13.5. The molecule has 0 aliphatic carbocycles. The third kappa shape index (κ3) is 4.94. The van der Waals surface area contributed by atoms with Gasteiger partial charge in [-0.3, -0.25) is 4.79 Å². The topological polar surface area (TPSA) is 64.4 Å². The molecule has 0 saturated carbocycles. The number of carbonyl (C=O) groups is 1. The van der Waals surface area contributed by atoms with Crippen LogP contribution in [0, 0.1) is 5.92 Å². The highest BCUT2D eigenvalue weighted by Gasteiger charge is 2.17. The van der Waals surface area contributed by atoms with E-state index in [0.717, 1.165) is 32.3 Å². The average Bonchev–Trinajstić information content (AvgIpc) is 2.69. The Morgan fingerprint density at radius 3 is 2.88 bits per heavy atom. The first-order valence-corrected chi connectivity index (χ1v) is 6.24. The molecule has 0 aromatic heterocycles. The summed E-state index contributed by atoms with van der Waals surface area (Å²) in [5.74, 6) is 0.422. The molecular formula is C12H24N2O2. The number of hydrogen-bond acceptors (Lipinski definition) is 3. The van der Waals surface area contributed by atoms with Gasteiger partial charge in [0.25, 0.3) is 0 Å². The van der Waals surface area contributed by atoms with Gasteiger partial charge in [-0.2, -0.15) is 0 Å². The summed E-state index contributed by atoms with van der Waals surface area (Å²) in [6.45, 7) is 5.68. The molecule has 2 unspecified atom stereocenters. The molecule has 1 saturated heterocycles. The molecule has 0 radical (unpaired) electrons. The van der Waals surface area contributed by atoms with Crippen LogP contribution in [0.3, 0.4) is 0 Å². The van der Waals surface area contributed by atoms with E-state index in [9.17, 15) is 4.79 Å². The fraction of sp³-hybridized carbons (Fsp3) is 0.917. The maximum absolute atomic E-state index is 11.6. The van der Waals surface area contributed by atoms with E-state index >= 15 is 0 Å².